The first-order valence-corrected chi connectivity index (χ1v) is 7.91. The molecule has 6 nitrogen and oxygen atoms in total. The number of nitrogens with one attached hydrogen (secondary N) is 2. The van der Waals surface area contributed by atoms with Crippen LogP contribution < -0.4 is 15.6 Å². The smallest absolute Gasteiger partial charge is 0.278 e. The van der Waals surface area contributed by atoms with Crippen LogP contribution in [0.2, 0.25) is 0 Å². The number of rotatable bonds is 3. The van der Waals surface area contributed by atoms with Gasteiger partial charge in [0.15, 0.2) is 5.56 Å². The van der Waals surface area contributed by atoms with Gasteiger partial charge in [0.05, 0.1) is 12.8 Å². The van der Waals surface area contributed by atoms with Gasteiger partial charge in [-0.25, -0.2) is 0 Å². The summed E-state index contributed by atoms with van der Waals surface area (Å²) in [6.45, 7) is 0. The third-order valence-electron chi connectivity index (χ3n) is 3.76. The van der Waals surface area contributed by atoms with Crippen molar-refractivity contribution < 1.29 is 9.15 Å². The number of anilines is 2. The van der Waals surface area contributed by atoms with Crippen molar-refractivity contribution in [2.75, 3.05) is 12.4 Å². The molecule has 2 heterocycles. The molecule has 2 aromatic carbocycles. The quantitative estimate of drug-likeness (QED) is 0.590. The summed E-state index contributed by atoms with van der Waals surface area (Å²) in [4.78, 5) is 11.6. The molecule has 0 aliphatic heterocycles. The Morgan fingerprint density at radius 2 is 2.08 bits per heavy atom. The van der Waals surface area contributed by atoms with Crippen LogP contribution in [-0.2, 0) is 0 Å². The van der Waals surface area contributed by atoms with E-state index in [1.807, 2.05) is 36.4 Å². The number of nitriles is 1. The molecule has 0 unspecified atom stereocenters. The monoisotopic (exact) mass is 337 g/mol. The van der Waals surface area contributed by atoms with Gasteiger partial charge in [0.2, 0.25) is 0 Å². The van der Waals surface area contributed by atoms with E-state index in [1.54, 1.807) is 13.2 Å². The summed E-state index contributed by atoms with van der Waals surface area (Å²) in [6, 6.07) is 13.3. The molecule has 0 fully saturated rings. The number of furan rings is 1. The zero-order chi connectivity index (χ0) is 16.7. The first-order chi connectivity index (χ1) is 11.7. The summed E-state index contributed by atoms with van der Waals surface area (Å²) in [5.74, 6) is 0.596. The third-order valence-corrected chi connectivity index (χ3v) is 4.56. The molecule has 2 aromatic heterocycles. The Morgan fingerprint density at radius 3 is 2.88 bits per heavy atom. The number of fused-ring (bicyclic) bond motifs is 3. The van der Waals surface area contributed by atoms with Crippen molar-refractivity contribution in [1.29, 1.82) is 5.26 Å². The molecule has 4 rings (SSSR count). The number of H-pyrrole nitrogens is 1. The maximum absolute atomic E-state index is 11.6. The van der Waals surface area contributed by atoms with E-state index in [9.17, 15) is 4.79 Å². The van der Waals surface area contributed by atoms with E-state index in [1.165, 1.54) is 0 Å². The van der Waals surface area contributed by atoms with Crippen LogP contribution in [0, 0.1) is 11.3 Å². The molecule has 0 saturated carbocycles. The molecule has 0 atom stereocenters. The minimum atomic E-state index is -0.409. The second-order valence-corrected chi connectivity index (χ2v) is 5.94. The first-order valence-electron chi connectivity index (χ1n) is 7.09. The topological polar surface area (TPSA) is 91.0 Å². The van der Waals surface area contributed by atoms with Gasteiger partial charge in [0, 0.05) is 16.8 Å². The number of aromatic amines is 1. The molecule has 2 N–H and O–H groups in total. The molecular weight excluding hydrogens is 326 g/mol. The van der Waals surface area contributed by atoms with Gasteiger partial charge in [-0.05, 0) is 23.7 Å². The standard InChI is InChI=1S/C17H11N3O3S/c1-22-15-6-10-9-4-2-3-5-13(9)23-14(10)7-12(15)19-17-11(8-18)16(21)20-24-17/h2-7,19H,1H3,(H,20,21). The highest BCUT2D eigenvalue weighted by Gasteiger charge is 2.15. The van der Waals surface area contributed by atoms with Gasteiger partial charge in [-0.15, -0.1) is 0 Å². The van der Waals surface area contributed by atoms with E-state index in [0.717, 1.165) is 27.9 Å². The Kier molecular flexibility index (Phi) is 3.25. The molecule has 4 aromatic rings. The van der Waals surface area contributed by atoms with E-state index < -0.39 is 5.56 Å². The number of ether oxygens (including phenoxy) is 1. The lowest BCUT2D eigenvalue weighted by Gasteiger charge is -2.09. The zero-order valence-electron chi connectivity index (χ0n) is 12.5. The highest BCUT2D eigenvalue weighted by atomic mass is 32.1. The lowest BCUT2D eigenvalue weighted by atomic mass is 10.1. The van der Waals surface area contributed by atoms with Crippen LogP contribution in [0.1, 0.15) is 5.56 Å². The van der Waals surface area contributed by atoms with Crippen molar-refractivity contribution in [2.24, 2.45) is 0 Å². The average Bonchev–Trinajstić information content (AvgIpc) is 3.13. The fraction of sp³-hybridized carbons (Fsp3) is 0.0588. The van der Waals surface area contributed by atoms with Crippen LogP contribution in [0.25, 0.3) is 21.9 Å². The number of para-hydroxylation sites is 1. The molecule has 118 valence electrons. The fourth-order valence-corrected chi connectivity index (χ4v) is 3.33. The maximum atomic E-state index is 11.6. The first kappa shape index (κ1) is 14.4. The summed E-state index contributed by atoms with van der Waals surface area (Å²) >= 11 is 1.07. The van der Waals surface area contributed by atoms with Gasteiger partial charge in [0.1, 0.15) is 28.0 Å². The van der Waals surface area contributed by atoms with E-state index in [-0.39, 0.29) is 5.56 Å². The Labute approximate surface area is 140 Å². The number of hydrogen-bond acceptors (Lipinski definition) is 6. The van der Waals surface area contributed by atoms with Gasteiger partial charge in [-0.2, -0.15) is 5.26 Å². The Balaban J connectivity index is 1.90. The van der Waals surface area contributed by atoms with Gasteiger partial charge in [-0.3, -0.25) is 9.17 Å². The van der Waals surface area contributed by atoms with Crippen molar-refractivity contribution in [3.8, 4) is 11.8 Å². The number of methoxy groups -OCH3 is 1. The summed E-state index contributed by atoms with van der Waals surface area (Å²) in [7, 11) is 1.57. The molecular formula is C17H11N3O3S. The number of aromatic nitrogens is 1. The Hall–Kier alpha value is -3.24. The van der Waals surface area contributed by atoms with Crippen LogP contribution in [0.5, 0.6) is 5.75 Å². The van der Waals surface area contributed by atoms with Crippen LogP contribution in [0.3, 0.4) is 0 Å². The van der Waals surface area contributed by atoms with Gasteiger partial charge in [-0.1, -0.05) is 18.2 Å². The average molecular weight is 337 g/mol. The SMILES string of the molecule is COc1cc2c(cc1Nc1s[nH]c(=O)c1C#N)oc1ccccc12. The lowest BCUT2D eigenvalue weighted by molar-refractivity contribution is 0.417. The maximum Gasteiger partial charge on any atom is 0.278 e. The molecule has 0 aliphatic rings. The van der Waals surface area contributed by atoms with Crippen LogP contribution >= 0.6 is 11.5 Å². The third kappa shape index (κ3) is 2.13. The van der Waals surface area contributed by atoms with Crippen LogP contribution in [0.4, 0.5) is 10.7 Å². The second kappa shape index (κ2) is 5.44. The minimum Gasteiger partial charge on any atom is -0.495 e. The van der Waals surface area contributed by atoms with Crippen molar-refractivity contribution in [1.82, 2.24) is 4.37 Å². The van der Waals surface area contributed by atoms with Crippen LogP contribution in [-0.4, -0.2) is 11.5 Å². The predicted octanol–water partition coefficient (Wildman–Crippen LogP) is 3.96. The van der Waals surface area contributed by atoms with Crippen molar-refractivity contribution >= 4 is 44.2 Å². The highest BCUT2D eigenvalue weighted by molar-refractivity contribution is 7.10. The fourth-order valence-electron chi connectivity index (χ4n) is 2.63. The molecule has 0 spiro atoms. The lowest BCUT2D eigenvalue weighted by Crippen LogP contribution is -2.03. The molecule has 0 aliphatic carbocycles. The number of nitrogens with zero attached hydrogens (tertiary/aromatic N) is 1. The van der Waals surface area contributed by atoms with E-state index in [2.05, 4.69) is 9.69 Å². The largest absolute Gasteiger partial charge is 0.495 e. The van der Waals surface area contributed by atoms with Crippen LogP contribution in [0.15, 0.2) is 45.6 Å². The van der Waals surface area contributed by atoms with Crippen molar-refractivity contribution in [3.63, 3.8) is 0 Å². The van der Waals surface area contributed by atoms with Crippen molar-refractivity contribution in [2.45, 2.75) is 0 Å². The normalized spacial score (nSPS) is 10.8. The Morgan fingerprint density at radius 1 is 1.25 bits per heavy atom. The molecule has 7 heteroatoms. The molecule has 0 saturated heterocycles. The molecule has 0 bridgehead atoms. The highest BCUT2D eigenvalue weighted by Crippen LogP contribution is 2.38. The summed E-state index contributed by atoms with van der Waals surface area (Å²) < 4.78 is 13.9. The summed E-state index contributed by atoms with van der Waals surface area (Å²) in [5.41, 5.74) is 1.74. The Bertz CT molecular complexity index is 1160. The summed E-state index contributed by atoms with van der Waals surface area (Å²) in [6.07, 6.45) is 0. The van der Waals surface area contributed by atoms with Gasteiger partial charge >= 0.3 is 0 Å². The number of benzene rings is 2. The number of hydrogen-bond donors (Lipinski definition) is 2. The summed E-state index contributed by atoms with van der Waals surface area (Å²) in [5, 5.41) is 14.6. The second-order valence-electron chi connectivity index (χ2n) is 5.12. The molecule has 0 amide bonds. The molecule has 0 radical (unpaired) electrons. The van der Waals surface area contributed by atoms with Crippen molar-refractivity contribution in [3.05, 3.63) is 52.3 Å². The van der Waals surface area contributed by atoms with E-state index in [0.29, 0.717) is 22.0 Å². The van der Waals surface area contributed by atoms with E-state index >= 15 is 0 Å². The predicted molar refractivity (Wildman–Crippen MR) is 93.2 cm³/mol. The minimum absolute atomic E-state index is 0.0479. The zero-order valence-corrected chi connectivity index (χ0v) is 13.4. The van der Waals surface area contributed by atoms with Gasteiger partial charge in [0.25, 0.3) is 5.56 Å². The van der Waals surface area contributed by atoms with E-state index in [4.69, 9.17) is 14.4 Å². The van der Waals surface area contributed by atoms with Gasteiger partial charge < -0.3 is 14.5 Å². The molecule has 24 heavy (non-hydrogen) atoms.